The Kier molecular flexibility index (Phi) is 7.21. The predicted molar refractivity (Wildman–Crippen MR) is 129 cm³/mol. The Balaban J connectivity index is 1.72. The second-order valence-electron chi connectivity index (χ2n) is 8.42. The maximum atomic E-state index is 13.8. The highest BCUT2D eigenvalue weighted by atomic mass is 79.9. The standard InChI is InChI=1S/C24H27BrN2O5S/c1-32-20-12-10-18(11-13-20)26-23(28)16-22(24(26)29)27(19-6-4-2-3-5-7-19)33(30,31)21-14-8-17(25)9-15-21/h8-15,19,22H,2-7,16H2,1H3. The van der Waals surface area contributed by atoms with E-state index in [4.69, 9.17) is 4.74 Å². The van der Waals surface area contributed by atoms with E-state index in [2.05, 4.69) is 15.9 Å². The molecular weight excluding hydrogens is 508 g/mol. The van der Waals surface area contributed by atoms with Crippen molar-refractivity contribution < 1.29 is 22.7 Å². The number of hydrogen-bond donors (Lipinski definition) is 0. The second kappa shape index (κ2) is 9.95. The number of imide groups is 1. The highest BCUT2D eigenvalue weighted by Gasteiger charge is 2.49. The van der Waals surface area contributed by atoms with Gasteiger partial charge in [0.05, 0.1) is 24.1 Å². The first-order valence-corrected chi connectivity index (χ1v) is 13.4. The first kappa shape index (κ1) is 23.9. The maximum Gasteiger partial charge on any atom is 0.252 e. The number of anilines is 1. The van der Waals surface area contributed by atoms with Gasteiger partial charge in [-0.15, -0.1) is 0 Å². The fourth-order valence-corrected chi connectivity index (χ4v) is 6.77. The van der Waals surface area contributed by atoms with Crippen LogP contribution >= 0.6 is 15.9 Å². The molecule has 0 bridgehead atoms. The number of amides is 2. The van der Waals surface area contributed by atoms with Gasteiger partial charge in [-0.05, 0) is 61.4 Å². The molecule has 2 aliphatic rings. The van der Waals surface area contributed by atoms with Crippen LogP contribution in [0.15, 0.2) is 57.9 Å². The molecular formula is C24H27BrN2O5S. The summed E-state index contributed by atoms with van der Waals surface area (Å²) in [5.41, 5.74) is 0.412. The van der Waals surface area contributed by atoms with Crippen LogP contribution in [0, 0.1) is 0 Å². The molecule has 1 saturated carbocycles. The molecule has 2 aromatic rings. The minimum absolute atomic E-state index is 0.123. The number of hydrogen-bond acceptors (Lipinski definition) is 5. The molecule has 0 aromatic heterocycles. The lowest BCUT2D eigenvalue weighted by molar-refractivity contribution is -0.122. The smallest absolute Gasteiger partial charge is 0.252 e. The largest absolute Gasteiger partial charge is 0.497 e. The molecule has 0 radical (unpaired) electrons. The van der Waals surface area contributed by atoms with Gasteiger partial charge in [0.15, 0.2) is 0 Å². The fraction of sp³-hybridized carbons (Fsp3) is 0.417. The van der Waals surface area contributed by atoms with E-state index in [0.717, 1.165) is 35.1 Å². The summed E-state index contributed by atoms with van der Waals surface area (Å²) < 4.78 is 34.9. The molecule has 2 amide bonds. The van der Waals surface area contributed by atoms with Crippen molar-refractivity contribution in [1.29, 1.82) is 0 Å². The Hall–Kier alpha value is -2.23. The molecule has 176 valence electrons. The average Bonchev–Trinajstić information content (AvgIpc) is 2.97. The van der Waals surface area contributed by atoms with Gasteiger partial charge in [0.1, 0.15) is 11.8 Å². The Labute approximate surface area is 202 Å². The Morgan fingerprint density at radius 2 is 1.55 bits per heavy atom. The third-order valence-electron chi connectivity index (χ3n) is 6.33. The molecule has 0 N–H and O–H groups in total. The summed E-state index contributed by atoms with van der Waals surface area (Å²) in [6.45, 7) is 0. The number of carbonyl (C=O) groups is 2. The number of methoxy groups -OCH3 is 1. The molecule has 4 rings (SSSR count). The first-order chi connectivity index (χ1) is 15.8. The molecule has 2 aromatic carbocycles. The SMILES string of the molecule is COc1ccc(N2C(=O)CC(N(C3CCCCCC3)S(=O)(=O)c3ccc(Br)cc3)C2=O)cc1. The molecule has 1 unspecified atom stereocenters. The zero-order valence-electron chi connectivity index (χ0n) is 18.4. The Bertz CT molecular complexity index is 1110. The van der Waals surface area contributed by atoms with E-state index in [1.54, 1.807) is 36.4 Å². The average molecular weight is 535 g/mol. The van der Waals surface area contributed by atoms with Crippen molar-refractivity contribution in [2.24, 2.45) is 0 Å². The number of ether oxygens (including phenoxy) is 1. The third-order valence-corrected chi connectivity index (χ3v) is 8.84. The zero-order valence-corrected chi connectivity index (χ0v) is 20.8. The second-order valence-corrected chi connectivity index (χ2v) is 11.2. The van der Waals surface area contributed by atoms with Crippen LogP contribution in [0.25, 0.3) is 0 Å². The highest BCUT2D eigenvalue weighted by molar-refractivity contribution is 9.10. The van der Waals surface area contributed by atoms with Crippen LogP contribution in [0.5, 0.6) is 5.75 Å². The zero-order chi connectivity index (χ0) is 23.6. The minimum atomic E-state index is -4.00. The number of rotatable bonds is 6. The van der Waals surface area contributed by atoms with Gasteiger partial charge in [-0.2, -0.15) is 4.31 Å². The summed E-state index contributed by atoms with van der Waals surface area (Å²) in [6.07, 6.45) is 5.06. The van der Waals surface area contributed by atoms with Crippen LogP contribution in [0.1, 0.15) is 44.9 Å². The van der Waals surface area contributed by atoms with E-state index < -0.39 is 27.9 Å². The van der Waals surface area contributed by atoms with Gasteiger partial charge in [0.2, 0.25) is 15.9 Å². The van der Waals surface area contributed by atoms with Crippen molar-refractivity contribution in [1.82, 2.24) is 4.31 Å². The van der Waals surface area contributed by atoms with E-state index in [1.807, 2.05) is 0 Å². The van der Waals surface area contributed by atoms with E-state index >= 15 is 0 Å². The summed E-state index contributed by atoms with van der Waals surface area (Å²) in [7, 11) is -2.46. The lowest BCUT2D eigenvalue weighted by Crippen LogP contribution is -2.50. The quantitative estimate of drug-likeness (QED) is 0.402. The summed E-state index contributed by atoms with van der Waals surface area (Å²) in [4.78, 5) is 27.7. The number of carbonyl (C=O) groups excluding carboxylic acids is 2. The normalized spacial score (nSPS) is 20.3. The van der Waals surface area contributed by atoms with Gasteiger partial charge in [-0.3, -0.25) is 9.59 Å². The van der Waals surface area contributed by atoms with Crippen molar-refractivity contribution in [3.05, 3.63) is 53.0 Å². The van der Waals surface area contributed by atoms with Crippen LogP contribution in [-0.2, 0) is 19.6 Å². The monoisotopic (exact) mass is 534 g/mol. The highest BCUT2D eigenvalue weighted by Crippen LogP contribution is 2.35. The Morgan fingerprint density at radius 3 is 2.12 bits per heavy atom. The van der Waals surface area contributed by atoms with Gasteiger partial charge < -0.3 is 4.74 Å². The lowest BCUT2D eigenvalue weighted by atomic mass is 10.1. The van der Waals surface area contributed by atoms with Crippen LogP contribution in [-0.4, -0.2) is 43.7 Å². The van der Waals surface area contributed by atoms with Crippen molar-refractivity contribution in [3.8, 4) is 5.75 Å². The number of halogens is 1. The molecule has 7 nitrogen and oxygen atoms in total. The molecule has 2 fully saturated rings. The third kappa shape index (κ3) is 4.85. The molecule has 1 aliphatic carbocycles. The van der Waals surface area contributed by atoms with Gasteiger partial charge >= 0.3 is 0 Å². The van der Waals surface area contributed by atoms with E-state index in [-0.39, 0.29) is 17.4 Å². The van der Waals surface area contributed by atoms with Crippen LogP contribution in [0.4, 0.5) is 5.69 Å². The molecule has 0 spiro atoms. The first-order valence-electron chi connectivity index (χ1n) is 11.1. The van der Waals surface area contributed by atoms with Crippen LogP contribution in [0.2, 0.25) is 0 Å². The molecule has 1 saturated heterocycles. The van der Waals surface area contributed by atoms with Gasteiger partial charge in [0.25, 0.3) is 5.91 Å². The van der Waals surface area contributed by atoms with E-state index in [0.29, 0.717) is 24.3 Å². The summed E-state index contributed by atoms with van der Waals surface area (Å²) in [5.74, 6) is -0.304. The summed E-state index contributed by atoms with van der Waals surface area (Å²) >= 11 is 3.34. The minimum Gasteiger partial charge on any atom is -0.497 e. The van der Waals surface area contributed by atoms with Gasteiger partial charge in [-0.25, -0.2) is 13.3 Å². The van der Waals surface area contributed by atoms with Crippen molar-refractivity contribution in [2.75, 3.05) is 12.0 Å². The number of sulfonamides is 1. The van der Waals surface area contributed by atoms with Crippen LogP contribution in [0.3, 0.4) is 0 Å². The predicted octanol–water partition coefficient (Wildman–Crippen LogP) is 4.50. The maximum absolute atomic E-state index is 13.8. The van der Waals surface area contributed by atoms with Crippen molar-refractivity contribution in [2.45, 2.75) is 61.9 Å². The van der Waals surface area contributed by atoms with E-state index in [1.165, 1.54) is 23.5 Å². The molecule has 33 heavy (non-hydrogen) atoms. The van der Waals surface area contributed by atoms with Gasteiger partial charge in [-0.1, -0.05) is 41.6 Å². The lowest BCUT2D eigenvalue weighted by Gasteiger charge is -2.33. The van der Waals surface area contributed by atoms with Crippen molar-refractivity contribution in [3.63, 3.8) is 0 Å². The number of benzene rings is 2. The Morgan fingerprint density at radius 1 is 0.939 bits per heavy atom. The molecule has 1 aliphatic heterocycles. The molecule has 1 heterocycles. The summed E-state index contributed by atoms with van der Waals surface area (Å²) in [5, 5.41) is 0. The van der Waals surface area contributed by atoms with Crippen molar-refractivity contribution >= 4 is 43.5 Å². The van der Waals surface area contributed by atoms with E-state index in [9.17, 15) is 18.0 Å². The molecule has 1 atom stereocenters. The summed E-state index contributed by atoms with van der Waals surface area (Å²) in [6, 6.07) is 11.6. The topological polar surface area (TPSA) is 84.0 Å². The molecule has 9 heteroatoms. The fourth-order valence-electron chi connectivity index (χ4n) is 4.68. The van der Waals surface area contributed by atoms with Gasteiger partial charge in [0, 0.05) is 10.5 Å². The van der Waals surface area contributed by atoms with Crippen LogP contribution < -0.4 is 9.64 Å². The number of nitrogens with zero attached hydrogens (tertiary/aromatic N) is 2.